The van der Waals surface area contributed by atoms with Crippen molar-refractivity contribution >= 4 is 61.3 Å². The lowest BCUT2D eigenvalue weighted by Gasteiger charge is -2.17. The van der Waals surface area contributed by atoms with Crippen molar-refractivity contribution in [1.82, 2.24) is 0 Å². The fourth-order valence-electron chi connectivity index (χ4n) is 1.99. The van der Waals surface area contributed by atoms with Gasteiger partial charge in [0.15, 0.2) is 0 Å². The van der Waals surface area contributed by atoms with E-state index in [9.17, 15) is 39.7 Å². The van der Waals surface area contributed by atoms with E-state index in [1.165, 1.54) is 45.2 Å². The van der Waals surface area contributed by atoms with Crippen LogP contribution in [0.3, 0.4) is 0 Å². The number of benzene rings is 2. The molecule has 0 atom stereocenters. The molecule has 0 saturated heterocycles. The molecule has 0 amide bonds. The van der Waals surface area contributed by atoms with E-state index in [1.807, 2.05) is 0 Å². The lowest BCUT2D eigenvalue weighted by Crippen LogP contribution is -2.17. The Bertz CT molecular complexity index is 1080. The Morgan fingerprint density at radius 2 is 1.43 bits per heavy atom. The molecule has 0 aromatic heterocycles. The van der Waals surface area contributed by atoms with Gasteiger partial charge in [0, 0.05) is 3.57 Å². The quantitative estimate of drug-likeness (QED) is 0.0955. The van der Waals surface area contributed by atoms with Gasteiger partial charge in [0.05, 0.1) is 15.6 Å². The molecule has 0 aliphatic rings. The van der Waals surface area contributed by atoms with Gasteiger partial charge in [0.1, 0.15) is 21.4 Å². The van der Waals surface area contributed by atoms with Gasteiger partial charge in [-0.05, 0) is 51.2 Å². The van der Waals surface area contributed by atoms with Gasteiger partial charge in [0.25, 0.3) is 0 Å². The number of carbonyl (C=O) groups excluding carboxylic acids is 1. The molecule has 2 aromatic carbocycles. The van der Waals surface area contributed by atoms with E-state index in [0.717, 1.165) is 13.2 Å². The van der Waals surface area contributed by atoms with Gasteiger partial charge in [-0.2, -0.15) is 8.78 Å². The smallest absolute Gasteiger partial charge is 0.347 e. The molecule has 0 spiro atoms. The van der Waals surface area contributed by atoms with E-state index in [1.54, 1.807) is 0 Å². The second-order valence-electron chi connectivity index (χ2n) is 4.82. The maximum atomic E-state index is 13.7. The number of ether oxygens (including phenoxy) is 2. The maximum Gasteiger partial charge on any atom is 0.347 e. The molecular formula is C14H4F5I2O6S-. The molecule has 2 aromatic rings. The van der Waals surface area contributed by atoms with E-state index in [4.69, 9.17) is 4.74 Å². The highest BCUT2D eigenvalue weighted by Gasteiger charge is 2.31. The number of methoxy groups -OCH3 is 1. The molecular weight excluding hydrogens is 645 g/mol. The first kappa shape index (κ1) is 23.0. The second kappa shape index (κ2) is 8.23. The summed E-state index contributed by atoms with van der Waals surface area (Å²) in [6.07, 6.45) is 0. The summed E-state index contributed by atoms with van der Waals surface area (Å²) in [4.78, 5) is 11.5. The third-order valence-corrected chi connectivity index (χ3v) is 6.71. The SMILES string of the molecule is COc1c(C(=O)Oc2c(F)c(F)c(F)c(F)c2F)cc(I)c(S(=O)(=O)[O-])c1I. The molecule has 0 aliphatic carbocycles. The van der Waals surface area contributed by atoms with Crippen LogP contribution in [0.1, 0.15) is 10.4 Å². The minimum Gasteiger partial charge on any atom is -0.744 e. The van der Waals surface area contributed by atoms with Crippen LogP contribution in [-0.4, -0.2) is 26.0 Å². The van der Waals surface area contributed by atoms with Crippen LogP contribution in [-0.2, 0) is 10.1 Å². The minimum absolute atomic E-state index is 0.262. The second-order valence-corrected chi connectivity index (χ2v) is 8.38. The number of halogens is 7. The molecule has 0 aliphatic heterocycles. The van der Waals surface area contributed by atoms with Crippen LogP contribution in [0.2, 0.25) is 0 Å². The van der Waals surface area contributed by atoms with Crippen molar-refractivity contribution in [3.8, 4) is 11.5 Å². The summed E-state index contributed by atoms with van der Waals surface area (Å²) in [7, 11) is -4.00. The molecule has 152 valence electrons. The van der Waals surface area contributed by atoms with Crippen molar-refractivity contribution in [2.75, 3.05) is 7.11 Å². The van der Waals surface area contributed by atoms with Crippen molar-refractivity contribution in [3.63, 3.8) is 0 Å². The number of carbonyl (C=O) groups is 1. The number of hydrogen-bond acceptors (Lipinski definition) is 6. The van der Waals surface area contributed by atoms with Gasteiger partial charge >= 0.3 is 5.97 Å². The molecule has 0 bridgehead atoms. The van der Waals surface area contributed by atoms with E-state index >= 15 is 0 Å². The number of hydrogen-bond donors (Lipinski definition) is 0. The van der Waals surface area contributed by atoms with E-state index in [0.29, 0.717) is 0 Å². The van der Waals surface area contributed by atoms with Gasteiger partial charge < -0.3 is 14.0 Å². The van der Waals surface area contributed by atoms with Crippen molar-refractivity contribution in [3.05, 3.63) is 47.9 Å². The summed E-state index contributed by atoms with van der Waals surface area (Å²) in [5.74, 6) is -15.8. The van der Waals surface area contributed by atoms with Crippen LogP contribution < -0.4 is 9.47 Å². The summed E-state index contributed by atoms with van der Waals surface area (Å²) in [5.41, 5.74) is -0.618. The van der Waals surface area contributed by atoms with Crippen LogP contribution >= 0.6 is 45.2 Å². The maximum absolute atomic E-state index is 13.7. The zero-order valence-electron chi connectivity index (χ0n) is 13.1. The first-order valence-electron chi connectivity index (χ1n) is 6.58. The van der Waals surface area contributed by atoms with E-state index in [-0.39, 0.29) is 7.14 Å². The highest BCUT2D eigenvalue weighted by atomic mass is 127. The molecule has 28 heavy (non-hydrogen) atoms. The van der Waals surface area contributed by atoms with Crippen molar-refractivity contribution in [2.24, 2.45) is 0 Å². The lowest BCUT2D eigenvalue weighted by atomic mass is 10.2. The number of rotatable bonds is 4. The Hall–Kier alpha value is -1.27. The average molecular weight is 649 g/mol. The number of esters is 1. The Balaban J connectivity index is 2.64. The summed E-state index contributed by atoms with van der Waals surface area (Å²) < 4.78 is 110. The van der Waals surface area contributed by atoms with Crippen molar-refractivity contribution < 1.29 is 49.2 Å². The lowest BCUT2D eigenvalue weighted by molar-refractivity contribution is 0.0712. The van der Waals surface area contributed by atoms with Crippen LogP contribution in [0.5, 0.6) is 11.5 Å². The monoisotopic (exact) mass is 649 g/mol. The molecule has 0 N–H and O–H groups in total. The topological polar surface area (TPSA) is 92.7 Å². The highest BCUT2D eigenvalue weighted by Crippen LogP contribution is 2.36. The summed E-state index contributed by atoms with van der Waals surface area (Å²) >= 11 is 2.77. The first-order valence-corrected chi connectivity index (χ1v) is 10.1. The normalized spacial score (nSPS) is 11.5. The summed E-state index contributed by atoms with van der Waals surface area (Å²) in [5, 5.41) is 0. The fourth-order valence-corrected chi connectivity index (χ4v) is 6.11. The van der Waals surface area contributed by atoms with Crippen LogP contribution in [0.15, 0.2) is 11.0 Å². The molecule has 6 nitrogen and oxygen atoms in total. The molecule has 0 unspecified atom stereocenters. The highest BCUT2D eigenvalue weighted by molar-refractivity contribution is 14.1. The third kappa shape index (κ3) is 4.04. The van der Waals surface area contributed by atoms with E-state index in [2.05, 4.69) is 4.74 Å². The predicted octanol–water partition coefficient (Wildman–Crippen LogP) is 3.72. The van der Waals surface area contributed by atoms with Crippen LogP contribution in [0, 0.1) is 36.2 Å². The first-order chi connectivity index (χ1) is 12.8. The average Bonchev–Trinajstić information content (AvgIpc) is 2.60. The van der Waals surface area contributed by atoms with Crippen LogP contribution in [0.4, 0.5) is 22.0 Å². The van der Waals surface area contributed by atoms with Gasteiger partial charge in [0.2, 0.25) is 34.8 Å². The Kier molecular flexibility index (Phi) is 6.76. The standard InChI is InChI=1S/C14H5F5I2O6S/c1-26-11-3(2-4(20)13(10(11)21)28(23,24)25)14(22)27-12-8(18)6(16)5(15)7(17)9(12)19/h2H,1H3,(H,23,24,25)/p-1. The van der Waals surface area contributed by atoms with Gasteiger partial charge in [-0.3, -0.25) is 0 Å². The molecule has 14 heteroatoms. The van der Waals surface area contributed by atoms with Crippen LogP contribution in [0.25, 0.3) is 0 Å². The predicted molar refractivity (Wildman–Crippen MR) is 97.6 cm³/mol. The summed E-state index contributed by atoms with van der Waals surface area (Å²) in [6.45, 7) is 0. The largest absolute Gasteiger partial charge is 0.744 e. The molecule has 2 rings (SSSR count). The minimum atomic E-state index is -4.99. The Morgan fingerprint density at radius 3 is 1.86 bits per heavy atom. The molecule has 0 heterocycles. The van der Waals surface area contributed by atoms with Crippen molar-refractivity contribution in [1.29, 1.82) is 0 Å². The van der Waals surface area contributed by atoms with Gasteiger partial charge in [-0.25, -0.2) is 26.4 Å². The molecule has 0 radical (unpaired) electrons. The van der Waals surface area contributed by atoms with E-state index < -0.39 is 67.1 Å². The van der Waals surface area contributed by atoms with Gasteiger partial charge in [-0.15, -0.1) is 0 Å². The third-order valence-electron chi connectivity index (χ3n) is 3.17. The molecule has 0 fully saturated rings. The zero-order valence-corrected chi connectivity index (χ0v) is 18.2. The Labute approximate surface area is 181 Å². The Morgan fingerprint density at radius 1 is 0.964 bits per heavy atom. The molecule has 0 saturated carbocycles. The fraction of sp³-hybridized carbons (Fsp3) is 0.0714. The summed E-state index contributed by atoms with van der Waals surface area (Å²) in [6, 6.07) is 0.792. The zero-order chi connectivity index (χ0) is 21.5. The van der Waals surface area contributed by atoms with Gasteiger partial charge in [-0.1, -0.05) is 0 Å². The van der Waals surface area contributed by atoms with Crippen molar-refractivity contribution in [2.45, 2.75) is 4.90 Å².